The van der Waals surface area contributed by atoms with E-state index in [2.05, 4.69) is 52.0 Å². The summed E-state index contributed by atoms with van der Waals surface area (Å²) in [6.45, 7) is 12.1. The number of methoxy groups -OCH3 is 1. The van der Waals surface area contributed by atoms with Gasteiger partial charge in [-0.05, 0) is 32.9 Å². The Morgan fingerprint density at radius 3 is 2.47 bits per heavy atom. The average Bonchev–Trinajstić information content (AvgIpc) is 3.39. The Kier molecular flexibility index (Phi) is 5.87. The third-order valence-corrected chi connectivity index (χ3v) is 5.35. The third-order valence-electron chi connectivity index (χ3n) is 5.35. The van der Waals surface area contributed by atoms with Gasteiger partial charge in [0.2, 0.25) is 11.7 Å². The van der Waals surface area contributed by atoms with Crippen molar-refractivity contribution >= 4 is 0 Å². The van der Waals surface area contributed by atoms with E-state index >= 15 is 0 Å². The molecule has 0 radical (unpaired) electrons. The summed E-state index contributed by atoms with van der Waals surface area (Å²) in [6.07, 6.45) is 4.14. The van der Waals surface area contributed by atoms with Crippen LogP contribution in [-0.2, 0) is 18.6 Å². The van der Waals surface area contributed by atoms with Crippen molar-refractivity contribution in [2.75, 3.05) is 33.3 Å². The minimum absolute atomic E-state index is 0.0186. The van der Waals surface area contributed by atoms with E-state index in [-0.39, 0.29) is 5.54 Å². The fraction of sp³-hybridized carbons (Fsp3) is 0.500. The Bertz CT molecular complexity index is 966. The molecule has 3 heterocycles. The molecule has 0 saturated carbocycles. The highest BCUT2D eigenvalue weighted by Gasteiger charge is 2.21. The number of ether oxygens (including phenoxy) is 1. The van der Waals surface area contributed by atoms with Crippen molar-refractivity contribution < 1.29 is 9.26 Å². The highest BCUT2D eigenvalue weighted by Crippen LogP contribution is 2.22. The van der Waals surface area contributed by atoms with Crippen molar-refractivity contribution in [3.63, 3.8) is 0 Å². The summed E-state index contributed by atoms with van der Waals surface area (Å²) in [6, 6.07) is 7.69. The van der Waals surface area contributed by atoms with Gasteiger partial charge in [0.05, 0.1) is 25.4 Å². The number of benzene rings is 1. The molecular weight excluding hydrogens is 380 g/mol. The molecule has 0 unspecified atom stereocenters. The van der Waals surface area contributed by atoms with Crippen molar-refractivity contribution in [2.24, 2.45) is 0 Å². The first-order valence-corrected chi connectivity index (χ1v) is 10.4. The Morgan fingerprint density at radius 1 is 1.07 bits per heavy atom. The number of aromatic nitrogens is 4. The first-order chi connectivity index (χ1) is 14.4. The second-order valence-corrected chi connectivity index (χ2v) is 8.76. The lowest BCUT2D eigenvalue weighted by molar-refractivity contribution is 0.112. The highest BCUT2D eigenvalue weighted by atomic mass is 16.5. The maximum atomic E-state index is 5.48. The monoisotopic (exact) mass is 410 g/mol. The molecule has 4 rings (SSSR count). The predicted molar refractivity (Wildman–Crippen MR) is 114 cm³/mol. The summed E-state index contributed by atoms with van der Waals surface area (Å²) in [5.74, 6) is 2.02. The topological polar surface area (TPSA) is 72.5 Å². The summed E-state index contributed by atoms with van der Waals surface area (Å²) in [5.41, 5.74) is 2.17. The second kappa shape index (κ2) is 8.57. The van der Waals surface area contributed by atoms with Crippen LogP contribution in [0.1, 0.15) is 32.2 Å². The van der Waals surface area contributed by atoms with Crippen molar-refractivity contribution in [3.8, 4) is 17.1 Å². The van der Waals surface area contributed by atoms with Gasteiger partial charge < -0.3 is 9.26 Å². The van der Waals surface area contributed by atoms with Crippen LogP contribution in [0.3, 0.4) is 0 Å². The van der Waals surface area contributed by atoms with Gasteiger partial charge in [-0.15, -0.1) is 0 Å². The molecule has 0 N–H and O–H groups in total. The predicted octanol–water partition coefficient (Wildman–Crippen LogP) is 3.01. The van der Waals surface area contributed by atoms with E-state index in [4.69, 9.17) is 9.26 Å². The van der Waals surface area contributed by atoms with Gasteiger partial charge in [-0.2, -0.15) is 10.1 Å². The zero-order valence-corrected chi connectivity index (χ0v) is 18.2. The van der Waals surface area contributed by atoms with E-state index < -0.39 is 0 Å². The molecule has 2 aromatic heterocycles. The number of hydrogen-bond donors (Lipinski definition) is 0. The molecule has 0 bridgehead atoms. The SMILES string of the molecule is COc1cccc(-c2noc(CN3CCN(Cc4cnn(C(C)(C)C)c4)CC3)n2)c1. The normalized spacial score (nSPS) is 16.1. The van der Waals surface area contributed by atoms with Gasteiger partial charge in [0, 0.05) is 50.0 Å². The minimum Gasteiger partial charge on any atom is -0.497 e. The van der Waals surface area contributed by atoms with Gasteiger partial charge >= 0.3 is 0 Å². The fourth-order valence-electron chi connectivity index (χ4n) is 3.56. The van der Waals surface area contributed by atoms with E-state index in [0.29, 0.717) is 18.3 Å². The highest BCUT2D eigenvalue weighted by molar-refractivity contribution is 5.56. The van der Waals surface area contributed by atoms with Crippen molar-refractivity contribution in [2.45, 2.75) is 39.4 Å². The van der Waals surface area contributed by atoms with Crippen molar-refractivity contribution in [1.82, 2.24) is 29.7 Å². The second-order valence-electron chi connectivity index (χ2n) is 8.76. The van der Waals surface area contributed by atoms with Crippen LogP contribution in [0.2, 0.25) is 0 Å². The quantitative estimate of drug-likeness (QED) is 0.618. The lowest BCUT2D eigenvalue weighted by Gasteiger charge is -2.33. The molecule has 3 aromatic rings. The van der Waals surface area contributed by atoms with E-state index in [9.17, 15) is 0 Å². The lowest BCUT2D eigenvalue weighted by Crippen LogP contribution is -2.45. The van der Waals surface area contributed by atoms with Gasteiger partial charge in [0.1, 0.15) is 5.75 Å². The lowest BCUT2D eigenvalue weighted by atomic mass is 10.1. The molecule has 0 aliphatic carbocycles. The zero-order chi connectivity index (χ0) is 21.1. The van der Waals surface area contributed by atoms with Gasteiger partial charge in [-0.1, -0.05) is 17.3 Å². The van der Waals surface area contributed by atoms with E-state index in [1.54, 1.807) is 7.11 Å². The molecule has 0 amide bonds. The van der Waals surface area contributed by atoms with Crippen LogP contribution in [-0.4, -0.2) is 63.0 Å². The van der Waals surface area contributed by atoms with E-state index in [1.165, 1.54) is 5.56 Å². The van der Waals surface area contributed by atoms with Gasteiger partial charge in [0.25, 0.3) is 0 Å². The van der Waals surface area contributed by atoms with Crippen molar-refractivity contribution in [1.29, 1.82) is 0 Å². The zero-order valence-electron chi connectivity index (χ0n) is 18.2. The number of nitrogens with zero attached hydrogens (tertiary/aromatic N) is 6. The van der Waals surface area contributed by atoms with Crippen LogP contribution in [0.25, 0.3) is 11.4 Å². The molecule has 1 saturated heterocycles. The van der Waals surface area contributed by atoms with Crippen LogP contribution < -0.4 is 4.74 Å². The first kappa shape index (κ1) is 20.6. The van der Waals surface area contributed by atoms with Crippen molar-refractivity contribution in [3.05, 3.63) is 48.1 Å². The molecule has 1 aliphatic rings. The average molecular weight is 411 g/mol. The molecule has 0 atom stereocenters. The maximum absolute atomic E-state index is 5.48. The molecule has 30 heavy (non-hydrogen) atoms. The first-order valence-electron chi connectivity index (χ1n) is 10.4. The molecule has 1 aromatic carbocycles. The summed E-state index contributed by atoms with van der Waals surface area (Å²) >= 11 is 0. The Labute approximate surface area is 177 Å². The minimum atomic E-state index is 0.0186. The summed E-state index contributed by atoms with van der Waals surface area (Å²) < 4.78 is 12.8. The van der Waals surface area contributed by atoms with E-state index in [1.807, 2.05) is 35.1 Å². The Hall–Kier alpha value is -2.71. The molecule has 8 nitrogen and oxygen atoms in total. The summed E-state index contributed by atoms with van der Waals surface area (Å²) in [4.78, 5) is 9.39. The van der Waals surface area contributed by atoms with E-state index in [0.717, 1.165) is 44.0 Å². The van der Waals surface area contributed by atoms with Gasteiger partial charge in [-0.25, -0.2) is 0 Å². The molecule has 8 heteroatoms. The molecule has 0 spiro atoms. The molecule has 1 aliphatic heterocycles. The largest absolute Gasteiger partial charge is 0.497 e. The van der Waals surface area contributed by atoms with Gasteiger partial charge in [0.15, 0.2) is 0 Å². The smallest absolute Gasteiger partial charge is 0.241 e. The fourth-order valence-corrected chi connectivity index (χ4v) is 3.56. The number of hydrogen-bond acceptors (Lipinski definition) is 7. The molecular formula is C22H30N6O2. The van der Waals surface area contributed by atoms with Crippen LogP contribution >= 0.6 is 0 Å². The maximum Gasteiger partial charge on any atom is 0.241 e. The standard InChI is InChI=1S/C22H30N6O2/c1-22(2,3)28-15-17(13-23-28)14-26-8-10-27(11-9-26)16-20-24-21(25-30-20)18-6-5-7-19(12-18)29-4/h5-7,12-13,15H,8-11,14,16H2,1-4H3. The van der Waals surface area contributed by atoms with Crippen LogP contribution in [0.15, 0.2) is 41.2 Å². The molecule has 1 fully saturated rings. The van der Waals surface area contributed by atoms with Gasteiger partial charge in [-0.3, -0.25) is 14.5 Å². The Balaban J connectivity index is 1.29. The summed E-state index contributed by atoms with van der Waals surface area (Å²) in [5, 5.41) is 8.64. The third kappa shape index (κ3) is 4.88. The molecule has 160 valence electrons. The van der Waals surface area contributed by atoms with Crippen LogP contribution in [0, 0.1) is 0 Å². The Morgan fingerprint density at radius 2 is 1.80 bits per heavy atom. The summed E-state index contributed by atoms with van der Waals surface area (Å²) in [7, 11) is 1.65. The van der Waals surface area contributed by atoms with Crippen LogP contribution in [0.4, 0.5) is 0 Å². The number of piperazine rings is 1. The number of rotatable bonds is 6. The van der Waals surface area contributed by atoms with Crippen LogP contribution in [0.5, 0.6) is 5.75 Å².